The first kappa shape index (κ1) is 14.8. The van der Waals surface area contributed by atoms with Crippen LogP contribution in [0.5, 0.6) is 0 Å². The van der Waals surface area contributed by atoms with Crippen LogP contribution in [0.4, 0.5) is 5.69 Å². The Morgan fingerprint density at radius 2 is 1.88 bits per heavy atom. The molecule has 0 fully saturated rings. The molecule has 0 N–H and O–H groups in total. The summed E-state index contributed by atoms with van der Waals surface area (Å²) in [7, 11) is 0. The minimum atomic E-state index is -0.0625. The van der Waals surface area contributed by atoms with E-state index in [1.165, 1.54) is 11.6 Å². The van der Waals surface area contributed by atoms with E-state index >= 15 is 0 Å². The normalized spacial score (nSPS) is 13.8. The largest absolute Gasteiger partial charge is 0.308 e. The maximum absolute atomic E-state index is 12.6. The van der Waals surface area contributed by atoms with Crippen molar-refractivity contribution in [3.8, 4) is 0 Å². The Balaban J connectivity index is 1.48. The molecule has 1 aliphatic heterocycles. The third-order valence-corrected chi connectivity index (χ3v) is 4.71. The number of benzene rings is 2. The number of amides is 1. The quantitative estimate of drug-likeness (QED) is 0.526. The molecule has 126 valence electrons. The van der Waals surface area contributed by atoms with Crippen LogP contribution in [0.1, 0.15) is 11.4 Å². The lowest BCUT2D eigenvalue weighted by molar-refractivity contribution is -0.114. The number of fused-ring (bicyclic) bond motifs is 4. The van der Waals surface area contributed by atoms with Crippen molar-refractivity contribution in [1.29, 1.82) is 0 Å². The van der Waals surface area contributed by atoms with Gasteiger partial charge in [-0.15, -0.1) is 10.2 Å². The number of para-hydroxylation sites is 1. The molecule has 26 heavy (non-hydrogen) atoms. The topological polar surface area (TPSA) is 63.4 Å². The van der Waals surface area contributed by atoms with Gasteiger partial charge in [0.05, 0.1) is 6.20 Å². The van der Waals surface area contributed by atoms with Gasteiger partial charge in [0.1, 0.15) is 0 Å². The highest BCUT2D eigenvalue weighted by atomic mass is 16.2. The van der Waals surface area contributed by atoms with Crippen LogP contribution in [0.15, 0.2) is 60.8 Å². The van der Waals surface area contributed by atoms with Crippen LogP contribution < -0.4 is 4.90 Å². The monoisotopic (exact) mass is 341 g/mol. The van der Waals surface area contributed by atoms with Crippen molar-refractivity contribution >= 4 is 34.1 Å². The molecular formula is C20H15N5O. The smallest absolute Gasteiger partial charge is 0.251 e. The molecule has 2 aromatic heterocycles. The van der Waals surface area contributed by atoms with Gasteiger partial charge in [0.25, 0.3) is 5.91 Å². The van der Waals surface area contributed by atoms with Crippen LogP contribution in [-0.2, 0) is 11.2 Å². The fourth-order valence-electron chi connectivity index (χ4n) is 3.41. The van der Waals surface area contributed by atoms with E-state index in [0.29, 0.717) is 18.0 Å². The van der Waals surface area contributed by atoms with Gasteiger partial charge in [-0.3, -0.25) is 4.79 Å². The van der Waals surface area contributed by atoms with Gasteiger partial charge in [0.2, 0.25) is 0 Å². The van der Waals surface area contributed by atoms with E-state index in [4.69, 9.17) is 0 Å². The SMILES string of the molecule is O=C(/C=C/c1nnc2c3ccccc3cnn12)N1CCc2ccccc21. The van der Waals surface area contributed by atoms with E-state index in [1.807, 2.05) is 42.5 Å². The van der Waals surface area contributed by atoms with E-state index in [9.17, 15) is 4.79 Å². The molecule has 1 aliphatic rings. The van der Waals surface area contributed by atoms with Gasteiger partial charge in [-0.25, -0.2) is 0 Å². The zero-order valence-electron chi connectivity index (χ0n) is 13.9. The molecule has 0 saturated carbocycles. The van der Waals surface area contributed by atoms with Gasteiger partial charge in [-0.05, 0) is 24.1 Å². The van der Waals surface area contributed by atoms with Crippen molar-refractivity contribution in [3.05, 3.63) is 72.2 Å². The number of hydrogen-bond acceptors (Lipinski definition) is 4. The summed E-state index contributed by atoms with van der Waals surface area (Å²) in [6.07, 6.45) is 5.87. The summed E-state index contributed by atoms with van der Waals surface area (Å²) in [6, 6.07) is 15.9. The summed E-state index contributed by atoms with van der Waals surface area (Å²) in [5, 5.41) is 14.8. The summed E-state index contributed by atoms with van der Waals surface area (Å²) in [6.45, 7) is 0.700. The number of nitrogens with zero attached hydrogens (tertiary/aromatic N) is 5. The third-order valence-electron chi connectivity index (χ3n) is 4.71. The van der Waals surface area contributed by atoms with E-state index in [2.05, 4.69) is 21.4 Å². The van der Waals surface area contributed by atoms with E-state index in [0.717, 1.165) is 22.9 Å². The second-order valence-electron chi connectivity index (χ2n) is 6.23. The molecule has 2 aromatic carbocycles. The Hall–Kier alpha value is -3.54. The lowest BCUT2D eigenvalue weighted by Crippen LogP contribution is -2.26. The molecule has 6 nitrogen and oxygen atoms in total. The Morgan fingerprint density at radius 1 is 1.04 bits per heavy atom. The summed E-state index contributed by atoms with van der Waals surface area (Å²) >= 11 is 0. The zero-order chi connectivity index (χ0) is 17.5. The molecule has 0 atom stereocenters. The van der Waals surface area contributed by atoms with Gasteiger partial charge < -0.3 is 4.90 Å². The van der Waals surface area contributed by atoms with Crippen LogP contribution in [0.25, 0.3) is 22.5 Å². The molecular weight excluding hydrogens is 326 g/mol. The van der Waals surface area contributed by atoms with Crippen LogP contribution in [0, 0.1) is 0 Å². The summed E-state index contributed by atoms with van der Waals surface area (Å²) < 4.78 is 1.66. The van der Waals surface area contributed by atoms with Gasteiger partial charge in [-0.2, -0.15) is 9.61 Å². The maximum Gasteiger partial charge on any atom is 0.251 e. The second kappa shape index (κ2) is 5.77. The van der Waals surface area contributed by atoms with Crippen molar-refractivity contribution in [2.24, 2.45) is 0 Å². The molecule has 0 bridgehead atoms. The lowest BCUT2D eigenvalue weighted by atomic mass is 10.2. The van der Waals surface area contributed by atoms with Crippen LogP contribution >= 0.6 is 0 Å². The minimum absolute atomic E-state index is 0.0625. The number of hydrogen-bond donors (Lipinski definition) is 0. The molecule has 0 aliphatic carbocycles. The Kier molecular flexibility index (Phi) is 3.28. The molecule has 4 aromatic rings. The molecule has 0 saturated heterocycles. The molecule has 6 heteroatoms. The molecule has 5 rings (SSSR count). The van der Waals surface area contributed by atoms with Crippen LogP contribution in [0.3, 0.4) is 0 Å². The van der Waals surface area contributed by atoms with E-state index < -0.39 is 0 Å². The van der Waals surface area contributed by atoms with Crippen molar-refractivity contribution in [2.75, 3.05) is 11.4 Å². The predicted octanol–water partition coefficient (Wildman–Crippen LogP) is 2.88. The molecule has 1 amide bonds. The molecule has 0 unspecified atom stereocenters. The number of carbonyl (C=O) groups is 1. The van der Waals surface area contributed by atoms with Crippen LogP contribution in [0.2, 0.25) is 0 Å². The number of aromatic nitrogens is 4. The Labute approximate surface area is 149 Å². The molecule has 0 spiro atoms. The third kappa shape index (κ3) is 2.27. The van der Waals surface area contributed by atoms with Crippen molar-refractivity contribution in [3.63, 3.8) is 0 Å². The fourth-order valence-corrected chi connectivity index (χ4v) is 3.41. The van der Waals surface area contributed by atoms with Crippen molar-refractivity contribution in [2.45, 2.75) is 6.42 Å². The van der Waals surface area contributed by atoms with Crippen molar-refractivity contribution in [1.82, 2.24) is 19.8 Å². The first-order valence-electron chi connectivity index (χ1n) is 8.48. The average molecular weight is 341 g/mol. The van der Waals surface area contributed by atoms with Crippen LogP contribution in [-0.4, -0.2) is 32.3 Å². The Morgan fingerprint density at radius 3 is 2.85 bits per heavy atom. The minimum Gasteiger partial charge on any atom is -0.308 e. The highest BCUT2D eigenvalue weighted by Gasteiger charge is 2.22. The highest BCUT2D eigenvalue weighted by molar-refractivity contribution is 6.05. The van der Waals surface area contributed by atoms with E-state index in [1.54, 1.807) is 21.7 Å². The van der Waals surface area contributed by atoms with Gasteiger partial charge in [-0.1, -0.05) is 42.5 Å². The average Bonchev–Trinajstić information content (AvgIpc) is 3.30. The second-order valence-corrected chi connectivity index (χ2v) is 6.23. The summed E-state index contributed by atoms with van der Waals surface area (Å²) in [5.74, 6) is 0.471. The maximum atomic E-state index is 12.6. The molecule has 3 heterocycles. The predicted molar refractivity (Wildman–Crippen MR) is 99.8 cm³/mol. The number of carbonyl (C=O) groups excluding carboxylic acids is 1. The summed E-state index contributed by atoms with van der Waals surface area (Å²) in [4.78, 5) is 14.4. The van der Waals surface area contributed by atoms with E-state index in [-0.39, 0.29) is 5.91 Å². The Bertz CT molecular complexity index is 1180. The summed E-state index contributed by atoms with van der Waals surface area (Å²) in [5.41, 5.74) is 2.87. The molecule has 0 radical (unpaired) electrons. The number of anilines is 1. The fraction of sp³-hybridized carbons (Fsp3) is 0.100. The van der Waals surface area contributed by atoms with Crippen molar-refractivity contribution < 1.29 is 4.79 Å². The first-order chi connectivity index (χ1) is 12.8. The van der Waals surface area contributed by atoms with Gasteiger partial charge in [0, 0.05) is 29.1 Å². The highest BCUT2D eigenvalue weighted by Crippen LogP contribution is 2.27. The van der Waals surface area contributed by atoms with Gasteiger partial charge >= 0.3 is 0 Å². The first-order valence-corrected chi connectivity index (χ1v) is 8.48. The lowest BCUT2D eigenvalue weighted by Gasteiger charge is -2.14. The van der Waals surface area contributed by atoms with Gasteiger partial charge in [0.15, 0.2) is 11.5 Å². The standard InChI is InChI=1S/C20H15N5O/c26-19(24-12-11-14-5-2-4-8-17(14)24)10-9-18-22-23-20-16-7-3-1-6-15(16)13-21-25(18)20/h1-10,13H,11-12H2/b10-9+. The number of rotatable bonds is 2. The zero-order valence-corrected chi connectivity index (χ0v) is 13.9.